The largest absolute Gasteiger partial charge is 0.481 e. The molecule has 0 bridgehead atoms. The highest BCUT2D eigenvalue weighted by Gasteiger charge is 2.35. The number of carboxylic acid groups (broad SMARTS) is 1. The number of hydrogen-bond acceptors (Lipinski definition) is 4. The van der Waals surface area contributed by atoms with Gasteiger partial charge in [-0.1, -0.05) is 11.6 Å². The van der Waals surface area contributed by atoms with Gasteiger partial charge >= 0.3 is 5.97 Å². The predicted octanol–water partition coefficient (Wildman–Crippen LogP) is 2.66. The van der Waals surface area contributed by atoms with Gasteiger partial charge in [0.15, 0.2) is 0 Å². The van der Waals surface area contributed by atoms with E-state index in [9.17, 15) is 4.79 Å². The number of aliphatic carboxylic acids is 1. The fraction of sp³-hybridized carbons (Fsp3) is 0.533. The molecule has 0 radical (unpaired) electrons. The Labute approximate surface area is 139 Å². The molecule has 5 nitrogen and oxygen atoms in total. The maximum atomic E-state index is 11.1. The van der Waals surface area contributed by atoms with Gasteiger partial charge in [0, 0.05) is 29.9 Å². The predicted molar refractivity (Wildman–Crippen MR) is 88.0 cm³/mol. The van der Waals surface area contributed by atoms with Crippen molar-refractivity contribution in [1.29, 1.82) is 0 Å². The summed E-state index contributed by atoms with van der Waals surface area (Å²) >= 11 is 7.37. The molecule has 0 aromatic heterocycles. The molecule has 1 aromatic carbocycles. The van der Waals surface area contributed by atoms with Crippen molar-refractivity contribution in [3.8, 4) is 0 Å². The maximum Gasteiger partial charge on any atom is 0.306 e. The highest BCUT2D eigenvalue weighted by molar-refractivity contribution is 7.94. The van der Waals surface area contributed by atoms with Crippen LogP contribution in [0, 0.1) is 5.92 Å². The Bertz CT molecular complexity index is 530. The summed E-state index contributed by atoms with van der Waals surface area (Å²) in [5.41, 5.74) is 4.95. The number of nitrogens with one attached hydrogen (secondary N) is 1. The molecule has 1 aromatic rings. The van der Waals surface area contributed by atoms with Crippen LogP contribution in [0.25, 0.3) is 0 Å². The third kappa shape index (κ3) is 4.52. The van der Waals surface area contributed by atoms with Crippen LogP contribution in [0.2, 0.25) is 5.02 Å². The third-order valence-corrected chi connectivity index (χ3v) is 4.97. The van der Waals surface area contributed by atoms with E-state index >= 15 is 0 Å². The van der Waals surface area contributed by atoms with E-state index in [4.69, 9.17) is 20.9 Å². The lowest BCUT2D eigenvalue weighted by Gasteiger charge is -2.29. The summed E-state index contributed by atoms with van der Waals surface area (Å²) in [6.07, 6.45) is 1.84. The zero-order valence-electron chi connectivity index (χ0n) is 12.5. The summed E-state index contributed by atoms with van der Waals surface area (Å²) in [7, 11) is 0. The molecule has 3 unspecified atom stereocenters. The van der Waals surface area contributed by atoms with E-state index < -0.39 is 5.97 Å². The number of rotatable bonds is 6. The number of quaternary nitrogens is 1. The van der Waals surface area contributed by atoms with Crippen molar-refractivity contribution in [2.24, 2.45) is 5.92 Å². The van der Waals surface area contributed by atoms with Gasteiger partial charge in [-0.15, -0.1) is 0 Å². The summed E-state index contributed by atoms with van der Waals surface area (Å²) in [4.78, 5) is 12.1. The van der Waals surface area contributed by atoms with Crippen LogP contribution < -0.4 is 11.1 Å². The van der Waals surface area contributed by atoms with E-state index in [1.54, 1.807) is 0 Å². The molecular weight excluding hydrogens is 324 g/mol. The molecule has 0 spiro atoms. The number of benzene rings is 1. The van der Waals surface area contributed by atoms with Crippen molar-refractivity contribution in [3.63, 3.8) is 0 Å². The molecule has 5 N–H and O–H groups in total. The molecule has 0 aliphatic heterocycles. The van der Waals surface area contributed by atoms with Crippen LogP contribution in [0.15, 0.2) is 23.1 Å². The van der Waals surface area contributed by atoms with E-state index in [0.717, 1.165) is 23.5 Å². The van der Waals surface area contributed by atoms with E-state index in [1.807, 2.05) is 25.1 Å². The van der Waals surface area contributed by atoms with Crippen molar-refractivity contribution in [1.82, 2.24) is 0 Å². The summed E-state index contributed by atoms with van der Waals surface area (Å²) in [6, 6.07) is 5.78. The monoisotopic (exact) mass is 345 g/mol. The average molecular weight is 346 g/mol. The van der Waals surface area contributed by atoms with Crippen LogP contribution in [0.4, 0.5) is 5.69 Å². The number of carbonyl (C=O) groups is 1. The Morgan fingerprint density at radius 2 is 2.32 bits per heavy atom. The van der Waals surface area contributed by atoms with Crippen LogP contribution in [-0.2, 0) is 8.98 Å². The zero-order valence-corrected chi connectivity index (χ0v) is 14.1. The molecule has 1 fully saturated rings. The minimum atomic E-state index is -0.744. The van der Waals surface area contributed by atoms with Gasteiger partial charge in [0.05, 0.1) is 16.6 Å². The summed E-state index contributed by atoms with van der Waals surface area (Å²) in [5, 5.41) is 13.0. The Kier molecular flexibility index (Phi) is 6.37. The second-order valence-corrected chi connectivity index (χ2v) is 6.74. The quantitative estimate of drug-likeness (QED) is 0.690. The molecule has 0 saturated heterocycles. The first-order valence-corrected chi connectivity index (χ1v) is 8.55. The number of anilines is 1. The molecule has 0 heterocycles. The SMILES string of the molecule is CCNc1cc(SOC2CC(C(=O)O)CCC2[NH3+])ccc1Cl. The molecule has 3 atom stereocenters. The fourth-order valence-corrected chi connectivity index (χ4v) is 3.48. The van der Waals surface area contributed by atoms with Crippen molar-refractivity contribution in [3.05, 3.63) is 23.2 Å². The average Bonchev–Trinajstić information content (AvgIpc) is 2.49. The molecule has 1 saturated carbocycles. The van der Waals surface area contributed by atoms with Crippen LogP contribution in [0.3, 0.4) is 0 Å². The van der Waals surface area contributed by atoms with Gasteiger partial charge in [0.25, 0.3) is 0 Å². The number of hydrogen-bond donors (Lipinski definition) is 3. The second-order valence-electron chi connectivity index (χ2n) is 5.50. The standard InChI is InChI=1S/C15H21ClN2O3S/c1-2-18-13-8-10(4-5-11(13)16)22-21-14-7-9(15(19)20)3-6-12(14)17/h4-5,8-9,12,14,18H,2-3,6-7,17H2,1H3,(H,19,20)/p+1. The van der Waals surface area contributed by atoms with Crippen LogP contribution in [0.1, 0.15) is 26.2 Å². The first-order chi connectivity index (χ1) is 10.5. The first kappa shape index (κ1) is 17.4. The number of carboxylic acids is 1. The molecule has 122 valence electrons. The Balaban J connectivity index is 1.96. The molecule has 2 rings (SSSR count). The molecule has 1 aliphatic rings. The van der Waals surface area contributed by atoms with E-state index in [-0.39, 0.29) is 18.1 Å². The number of halogens is 1. The molecular formula is C15H22ClN2O3S+. The van der Waals surface area contributed by atoms with Crippen molar-refractivity contribution < 1.29 is 19.8 Å². The summed E-state index contributed by atoms with van der Waals surface area (Å²) in [6.45, 7) is 2.80. The van der Waals surface area contributed by atoms with Crippen molar-refractivity contribution in [2.45, 2.75) is 43.2 Å². The zero-order chi connectivity index (χ0) is 16.1. The minimum Gasteiger partial charge on any atom is -0.481 e. The molecule has 22 heavy (non-hydrogen) atoms. The smallest absolute Gasteiger partial charge is 0.306 e. The lowest BCUT2D eigenvalue weighted by atomic mass is 9.84. The Morgan fingerprint density at radius 1 is 1.55 bits per heavy atom. The van der Waals surface area contributed by atoms with Gasteiger partial charge in [-0.3, -0.25) is 4.79 Å². The third-order valence-electron chi connectivity index (χ3n) is 3.85. The lowest BCUT2D eigenvalue weighted by Crippen LogP contribution is -2.68. The Morgan fingerprint density at radius 3 is 3.00 bits per heavy atom. The van der Waals surface area contributed by atoms with Gasteiger partial charge in [0.1, 0.15) is 12.1 Å². The topological polar surface area (TPSA) is 86.2 Å². The minimum absolute atomic E-state index is 0.128. The Hall–Kier alpha value is -0.950. The second kappa shape index (κ2) is 8.06. The van der Waals surface area contributed by atoms with Gasteiger partial charge in [0.2, 0.25) is 0 Å². The van der Waals surface area contributed by atoms with Gasteiger partial charge in [-0.05, 0) is 38.0 Å². The van der Waals surface area contributed by atoms with Crippen LogP contribution in [0.5, 0.6) is 0 Å². The van der Waals surface area contributed by atoms with Gasteiger partial charge in [-0.2, -0.15) is 0 Å². The summed E-state index contributed by atoms with van der Waals surface area (Å²) < 4.78 is 5.85. The molecule has 1 aliphatic carbocycles. The maximum absolute atomic E-state index is 11.1. The van der Waals surface area contributed by atoms with Gasteiger partial charge in [-0.25, -0.2) is 0 Å². The molecule has 0 amide bonds. The first-order valence-electron chi connectivity index (χ1n) is 7.44. The highest BCUT2D eigenvalue weighted by atomic mass is 35.5. The van der Waals surface area contributed by atoms with E-state index in [0.29, 0.717) is 17.9 Å². The molecule has 7 heteroatoms. The van der Waals surface area contributed by atoms with Gasteiger partial charge < -0.3 is 20.3 Å². The van der Waals surface area contributed by atoms with E-state index in [2.05, 4.69) is 11.1 Å². The van der Waals surface area contributed by atoms with E-state index in [1.165, 1.54) is 12.0 Å². The highest BCUT2D eigenvalue weighted by Crippen LogP contribution is 2.33. The van der Waals surface area contributed by atoms with Crippen LogP contribution in [-0.4, -0.2) is 29.8 Å². The van der Waals surface area contributed by atoms with Crippen molar-refractivity contribution >= 4 is 35.3 Å². The normalized spacial score (nSPS) is 25.0. The fourth-order valence-electron chi connectivity index (χ4n) is 2.53. The summed E-state index contributed by atoms with van der Waals surface area (Å²) in [5.74, 6) is -1.07. The lowest BCUT2D eigenvalue weighted by molar-refractivity contribution is -0.440. The van der Waals surface area contributed by atoms with Crippen molar-refractivity contribution in [2.75, 3.05) is 11.9 Å². The van der Waals surface area contributed by atoms with Crippen LogP contribution >= 0.6 is 23.6 Å².